The zero-order chi connectivity index (χ0) is 16.6. The lowest BCUT2D eigenvalue weighted by atomic mass is 9.81. The molecule has 1 saturated heterocycles. The number of amides is 3. The summed E-state index contributed by atoms with van der Waals surface area (Å²) in [6.07, 6.45) is 1.23. The van der Waals surface area contributed by atoms with Gasteiger partial charge < -0.3 is 5.32 Å². The van der Waals surface area contributed by atoms with Gasteiger partial charge in [0.2, 0.25) is 17.7 Å². The standard InChI is InChI=1S/C16H16Br2N2O3/c17-12-6-10-11(7-13(12)18)16(23)20(15(10)22)8-14(21)19-9-4-2-1-3-5-9/h1-5,10-13H,6-8H2,(H,19,21)/t10-,11+,12+,13-. The number of para-hydroxylation sites is 1. The first-order valence-electron chi connectivity index (χ1n) is 7.45. The first kappa shape index (κ1) is 16.6. The van der Waals surface area contributed by atoms with E-state index in [2.05, 4.69) is 37.2 Å². The van der Waals surface area contributed by atoms with Crippen molar-refractivity contribution in [2.75, 3.05) is 11.9 Å². The number of nitrogens with zero attached hydrogens (tertiary/aromatic N) is 1. The maximum atomic E-state index is 12.5. The highest BCUT2D eigenvalue weighted by molar-refractivity contribution is 9.12. The summed E-state index contributed by atoms with van der Waals surface area (Å²) >= 11 is 7.09. The average Bonchev–Trinajstić information content (AvgIpc) is 2.74. The number of likely N-dealkylation sites (tertiary alicyclic amines) is 1. The zero-order valence-corrected chi connectivity index (χ0v) is 15.4. The minimum atomic E-state index is -0.359. The number of imide groups is 1. The van der Waals surface area contributed by atoms with E-state index >= 15 is 0 Å². The van der Waals surface area contributed by atoms with Crippen molar-refractivity contribution in [1.29, 1.82) is 0 Å². The summed E-state index contributed by atoms with van der Waals surface area (Å²) in [5.41, 5.74) is 0.648. The van der Waals surface area contributed by atoms with Crippen molar-refractivity contribution in [3.8, 4) is 0 Å². The molecule has 1 aliphatic heterocycles. The lowest BCUT2D eigenvalue weighted by Gasteiger charge is -2.29. The van der Waals surface area contributed by atoms with Crippen molar-refractivity contribution < 1.29 is 14.4 Å². The van der Waals surface area contributed by atoms with Gasteiger partial charge in [0.1, 0.15) is 6.54 Å². The van der Waals surface area contributed by atoms with Crippen LogP contribution in [-0.4, -0.2) is 38.8 Å². The van der Waals surface area contributed by atoms with E-state index in [0.29, 0.717) is 18.5 Å². The Morgan fingerprint density at radius 2 is 1.57 bits per heavy atom. The molecule has 0 spiro atoms. The van der Waals surface area contributed by atoms with Crippen molar-refractivity contribution >= 4 is 55.3 Å². The van der Waals surface area contributed by atoms with Crippen molar-refractivity contribution in [1.82, 2.24) is 4.90 Å². The molecule has 1 heterocycles. The normalized spacial score (nSPS) is 30.3. The number of carbonyl (C=O) groups is 3. The molecule has 1 N–H and O–H groups in total. The molecule has 1 aromatic rings. The Morgan fingerprint density at radius 1 is 1.04 bits per heavy atom. The van der Waals surface area contributed by atoms with E-state index in [1.165, 1.54) is 0 Å². The minimum absolute atomic E-state index is 0.165. The average molecular weight is 444 g/mol. The molecule has 1 saturated carbocycles. The zero-order valence-electron chi connectivity index (χ0n) is 12.2. The summed E-state index contributed by atoms with van der Waals surface area (Å²) in [7, 11) is 0. The summed E-state index contributed by atoms with van der Waals surface area (Å²) in [5.74, 6) is -1.45. The molecule has 0 unspecified atom stereocenters. The summed E-state index contributed by atoms with van der Waals surface area (Å²) in [4.78, 5) is 38.5. The molecule has 0 radical (unpaired) electrons. The van der Waals surface area contributed by atoms with Crippen LogP contribution in [-0.2, 0) is 14.4 Å². The molecule has 23 heavy (non-hydrogen) atoms. The molecule has 1 aliphatic carbocycles. The van der Waals surface area contributed by atoms with Crippen LogP contribution in [0.1, 0.15) is 12.8 Å². The summed E-state index contributed by atoms with van der Waals surface area (Å²) in [6.45, 7) is -0.223. The Labute approximate surface area is 151 Å². The van der Waals surface area contributed by atoms with Gasteiger partial charge >= 0.3 is 0 Å². The Morgan fingerprint density at radius 3 is 2.09 bits per heavy atom. The molecule has 1 aromatic carbocycles. The third kappa shape index (κ3) is 3.35. The highest BCUT2D eigenvalue weighted by Crippen LogP contribution is 2.43. The van der Waals surface area contributed by atoms with Gasteiger partial charge in [-0.2, -0.15) is 0 Å². The van der Waals surface area contributed by atoms with E-state index < -0.39 is 0 Å². The third-order valence-electron chi connectivity index (χ3n) is 4.36. The monoisotopic (exact) mass is 442 g/mol. The van der Waals surface area contributed by atoms with Gasteiger partial charge in [-0.15, -0.1) is 0 Å². The molecule has 7 heteroatoms. The molecule has 122 valence electrons. The van der Waals surface area contributed by atoms with Crippen molar-refractivity contribution in [3.63, 3.8) is 0 Å². The summed E-state index contributed by atoms with van der Waals surface area (Å²) in [5, 5.41) is 2.71. The molecule has 5 nitrogen and oxygen atoms in total. The molecule has 3 rings (SSSR count). The quantitative estimate of drug-likeness (QED) is 0.576. The maximum Gasteiger partial charge on any atom is 0.244 e. The van der Waals surface area contributed by atoms with Gasteiger partial charge in [0.25, 0.3) is 0 Å². The fourth-order valence-electron chi connectivity index (χ4n) is 3.19. The number of anilines is 1. The second kappa shape index (κ2) is 6.73. The number of rotatable bonds is 3. The van der Waals surface area contributed by atoms with Crippen LogP contribution < -0.4 is 5.32 Å². The second-order valence-corrected chi connectivity index (χ2v) is 8.25. The molecular weight excluding hydrogens is 428 g/mol. The van der Waals surface area contributed by atoms with Gasteiger partial charge in [0.05, 0.1) is 11.8 Å². The van der Waals surface area contributed by atoms with Gasteiger partial charge in [-0.05, 0) is 25.0 Å². The van der Waals surface area contributed by atoms with Gasteiger partial charge in [-0.1, -0.05) is 50.1 Å². The van der Waals surface area contributed by atoms with Crippen LogP contribution in [0.2, 0.25) is 0 Å². The topological polar surface area (TPSA) is 66.5 Å². The molecule has 0 aromatic heterocycles. The van der Waals surface area contributed by atoms with Crippen LogP contribution in [0.5, 0.6) is 0 Å². The van der Waals surface area contributed by atoms with Gasteiger partial charge in [0.15, 0.2) is 0 Å². The van der Waals surface area contributed by atoms with E-state index in [1.807, 2.05) is 18.2 Å². The fraction of sp³-hybridized carbons (Fsp3) is 0.438. The third-order valence-corrected chi connectivity index (χ3v) is 7.10. The van der Waals surface area contributed by atoms with Gasteiger partial charge in [0, 0.05) is 15.3 Å². The Kier molecular flexibility index (Phi) is 4.87. The number of halogens is 2. The van der Waals surface area contributed by atoms with Crippen molar-refractivity contribution in [2.45, 2.75) is 22.5 Å². The molecule has 2 aliphatic rings. The highest BCUT2D eigenvalue weighted by Gasteiger charge is 2.52. The number of carbonyl (C=O) groups excluding carboxylic acids is 3. The molecular formula is C16H16Br2N2O3. The van der Waals surface area contributed by atoms with Crippen LogP contribution in [0.3, 0.4) is 0 Å². The Balaban J connectivity index is 1.67. The fourth-order valence-corrected chi connectivity index (χ4v) is 4.42. The second-order valence-electron chi connectivity index (χ2n) is 5.89. The number of hydrogen-bond acceptors (Lipinski definition) is 3. The number of alkyl halides is 2. The smallest absolute Gasteiger partial charge is 0.244 e. The molecule has 3 amide bonds. The highest BCUT2D eigenvalue weighted by atomic mass is 79.9. The number of fused-ring (bicyclic) bond motifs is 1. The predicted octanol–water partition coefficient (Wildman–Crippen LogP) is 2.55. The summed E-state index contributed by atoms with van der Waals surface area (Å²) < 4.78 is 0. The Hall–Kier alpha value is -1.21. The van der Waals surface area contributed by atoms with Gasteiger partial charge in [-0.25, -0.2) is 0 Å². The van der Waals surface area contributed by atoms with E-state index in [1.54, 1.807) is 12.1 Å². The first-order valence-corrected chi connectivity index (χ1v) is 9.28. The van der Waals surface area contributed by atoms with Crippen molar-refractivity contribution in [3.05, 3.63) is 30.3 Å². The largest absolute Gasteiger partial charge is 0.325 e. The molecule has 2 fully saturated rings. The summed E-state index contributed by atoms with van der Waals surface area (Å²) in [6, 6.07) is 8.98. The van der Waals surface area contributed by atoms with E-state index in [0.717, 1.165) is 4.90 Å². The first-order chi connectivity index (χ1) is 11.0. The Bertz CT molecular complexity index is 609. The predicted molar refractivity (Wildman–Crippen MR) is 93.4 cm³/mol. The SMILES string of the molecule is O=C(CN1C(=O)[C@H]2C[C@@H](Br)[C@@H](Br)C[C@H]2C1=O)Nc1ccccc1. The van der Waals surface area contributed by atoms with Crippen LogP contribution in [0, 0.1) is 11.8 Å². The molecule has 0 bridgehead atoms. The van der Waals surface area contributed by atoms with Crippen LogP contribution in [0.25, 0.3) is 0 Å². The minimum Gasteiger partial charge on any atom is -0.325 e. The van der Waals surface area contributed by atoms with E-state index in [-0.39, 0.29) is 45.8 Å². The lowest BCUT2D eigenvalue weighted by Crippen LogP contribution is -2.38. The maximum absolute atomic E-state index is 12.5. The number of benzene rings is 1. The van der Waals surface area contributed by atoms with E-state index in [9.17, 15) is 14.4 Å². The van der Waals surface area contributed by atoms with Gasteiger partial charge in [-0.3, -0.25) is 19.3 Å². The van der Waals surface area contributed by atoms with Crippen molar-refractivity contribution in [2.24, 2.45) is 11.8 Å². The van der Waals surface area contributed by atoms with E-state index in [4.69, 9.17) is 0 Å². The van der Waals surface area contributed by atoms with Crippen LogP contribution >= 0.6 is 31.9 Å². The lowest BCUT2D eigenvalue weighted by molar-refractivity contribution is -0.142. The van der Waals surface area contributed by atoms with Crippen LogP contribution in [0.4, 0.5) is 5.69 Å². The molecule has 4 atom stereocenters. The van der Waals surface area contributed by atoms with Crippen LogP contribution in [0.15, 0.2) is 30.3 Å². The number of hydrogen-bond donors (Lipinski definition) is 1. The number of nitrogens with one attached hydrogen (secondary N) is 1.